The molecular formula is C14H20N4S. The average Bonchev–Trinajstić information content (AvgIpc) is 3.08. The summed E-state index contributed by atoms with van der Waals surface area (Å²) in [6, 6.07) is 0. The van der Waals surface area contributed by atoms with Crippen LogP contribution in [-0.2, 0) is 12.0 Å². The van der Waals surface area contributed by atoms with Crippen LogP contribution >= 0.6 is 11.3 Å². The molecule has 0 saturated carbocycles. The Morgan fingerprint density at radius 3 is 3.16 bits per heavy atom. The lowest BCUT2D eigenvalue weighted by atomic mass is 9.86. The monoisotopic (exact) mass is 276 g/mol. The summed E-state index contributed by atoms with van der Waals surface area (Å²) >= 11 is 1.73. The molecule has 1 fully saturated rings. The highest BCUT2D eigenvalue weighted by Gasteiger charge is 2.33. The molecule has 1 aliphatic heterocycles. The second-order valence-electron chi connectivity index (χ2n) is 5.69. The molecule has 5 heteroatoms. The number of imidazole rings is 1. The first-order valence-electron chi connectivity index (χ1n) is 6.80. The van der Waals surface area contributed by atoms with Crippen LogP contribution in [0.4, 0.5) is 0 Å². The van der Waals surface area contributed by atoms with Crippen LogP contribution < -0.4 is 5.32 Å². The van der Waals surface area contributed by atoms with E-state index in [1.165, 1.54) is 17.1 Å². The Bertz CT molecular complexity index is 525. The molecule has 0 amide bonds. The molecule has 0 bridgehead atoms. The Morgan fingerprint density at radius 1 is 1.58 bits per heavy atom. The van der Waals surface area contributed by atoms with Crippen LogP contribution in [0.5, 0.6) is 0 Å². The van der Waals surface area contributed by atoms with E-state index in [-0.39, 0.29) is 5.41 Å². The maximum atomic E-state index is 4.41. The molecule has 1 N–H and O–H groups in total. The lowest BCUT2D eigenvalue weighted by Gasteiger charge is -2.25. The molecule has 1 saturated heterocycles. The van der Waals surface area contributed by atoms with Crippen molar-refractivity contribution in [2.75, 3.05) is 13.1 Å². The van der Waals surface area contributed by atoms with Gasteiger partial charge >= 0.3 is 0 Å². The Morgan fingerprint density at radius 2 is 2.47 bits per heavy atom. The molecule has 0 spiro atoms. The summed E-state index contributed by atoms with van der Waals surface area (Å²) in [5, 5.41) is 6.71. The van der Waals surface area contributed by atoms with E-state index < -0.39 is 0 Å². The van der Waals surface area contributed by atoms with Crippen LogP contribution in [0.1, 0.15) is 36.9 Å². The van der Waals surface area contributed by atoms with E-state index in [9.17, 15) is 0 Å². The molecular weight excluding hydrogens is 256 g/mol. The third-order valence-corrected chi connectivity index (χ3v) is 5.05. The van der Waals surface area contributed by atoms with E-state index >= 15 is 0 Å². The van der Waals surface area contributed by atoms with E-state index in [4.69, 9.17) is 0 Å². The molecule has 19 heavy (non-hydrogen) atoms. The first-order valence-corrected chi connectivity index (χ1v) is 7.68. The fraction of sp³-hybridized carbons (Fsp3) is 0.571. The standard InChI is InChI=1S/C14H20N4S/c1-11(13-17-5-6-19-13)8-18-10-16-7-12(18)14(2)3-4-15-9-14/h5-7,10-11,15H,3-4,8-9H2,1-2H3. The Balaban J connectivity index is 1.81. The van der Waals surface area contributed by atoms with Gasteiger partial charge in [0.1, 0.15) is 0 Å². The average molecular weight is 276 g/mol. The van der Waals surface area contributed by atoms with Gasteiger partial charge in [0.15, 0.2) is 0 Å². The van der Waals surface area contributed by atoms with Gasteiger partial charge in [0.05, 0.1) is 11.3 Å². The van der Waals surface area contributed by atoms with Crippen LogP contribution in [-0.4, -0.2) is 27.6 Å². The summed E-state index contributed by atoms with van der Waals surface area (Å²) in [6.07, 6.45) is 7.06. The molecule has 0 aromatic carbocycles. The van der Waals surface area contributed by atoms with Crippen LogP contribution in [0.2, 0.25) is 0 Å². The molecule has 0 radical (unpaired) electrons. The van der Waals surface area contributed by atoms with Gasteiger partial charge in [-0.15, -0.1) is 11.3 Å². The highest BCUT2D eigenvalue weighted by Crippen LogP contribution is 2.31. The maximum Gasteiger partial charge on any atom is 0.0970 e. The van der Waals surface area contributed by atoms with E-state index in [1.807, 2.05) is 24.1 Å². The third kappa shape index (κ3) is 2.44. The number of hydrogen-bond donors (Lipinski definition) is 1. The van der Waals surface area contributed by atoms with Crippen molar-refractivity contribution in [3.63, 3.8) is 0 Å². The zero-order chi connectivity index (χ0) is 13.3. The fourth-order valence-corrected chi connectivity index (χ4v) is 3.55. The van der Waals surface area contributed by atoms with Crippen molar-refractivity contribution < 1.29 is 0 Å². The highest BCUT2D eigenvalue weighted by molar-refractivity contribution is 7.09. The predicted molar refractivity (Wildman–Crippen MR) is 77.6 cm³/mol. The van der Waals surface area contributed by atoms with Crippen LogP contribution in [0.3, 0.4) is 0 Å². The molecule has 3 heterocycles. The molecule has 2 aromatic heterocycles. The Kier molecular flexibility index (Phi) is 3.41. The smallest absolute Gasteiger partial charge is 0.0970 e. The van der Waals surface area contributed by atoms with Crippen molar-refractivity contribution in [3.8, 4) is 0 Å². The first kappa shape index (κ1) is 12.8. The lowest BCUT2D eigenvalue weighted by Crippen LogP contribution is -2.28. The van der Waals surface area contributed by atoms with Crippen molar-refractivity contribution in [1.29, 1.82) is 0 Å². The molecule has 102 valence electrons. The van der Waals surface area contributed by atoms with Crippen molar-refractivity contribution >= 4 is 11.3 Å². The second kappa shape index (κ2) is 5.06. The number of rotatable bonds is 4. The summed E-state index contributed by atoms with van der Waals surface area (Å²) in [7, 11) is 0. The zero-order valence-electron chi connectivity index (χ0n) is 11.5. The summed E-state index contributed by atoms with van der Waals surface area (Å²) in [5.74, 6) is 0.436. The SMILES string of the molecule is CC(Cn1cncc1C1(C)CCNC1)c1nccs1. The molecule has 2 unspecified atom stereocenters. The highest BCUT2D eigenvalue weighted by atomic mass is 32.1. The molecule has 2 aromatic rings. The van der Waals surface area contributed by atoms with Gasteiger partial charge in [-0.3, -0.25) is 0 Å². The van der Waals surface area contributed by atoms with Crippen molar-refractivity contribution in [3.05, 3.63) is 34.8 Å². The molecule has 1 aliphatic rings. The van der Waals surface area contributed by atoms with Gasteiger partial charge < -0.3 is 9.88 Å². The first-order chi connectivity index (χ1) is 9.19. The number of nitrogens with zero attached hydrogens (tertiary/aromatic N) is 3. The van der Waals surface area contributed by atoms with Gasteiger partial charge in [-0.25, -0.2) is 9.97 Å². The van der Waals surface area contributed by atoms with Crippen LogP contribution in [0.15, 0.2) is 24.1 Å². The van der Waals surface area contributed by atoms with Crippen molar-refractivity contribution in [2.24, 2.45) is 0 Å². The van der Waals surface area contributed by atoms with Gasteiger partial charge in [-0.2, -0.15) is 0 Å². The van der Waals surface area contributed by atoms with Crippen LogP contribution in [0.25, 0.3) is 0 Å². The van der Waals surface area contributed by atoms with E-state index in [0.717, 1.165) is 19.6 Å². The molecule has 4 nitrogen and oxygen atoms in total. The minimum atomic E-state index is 0.221. The minimum Gasteiger partial charge on any atom is -0.333 e. The van der Waals surface area contributed by atoms with Gasteiger partial charge in [-0.05, 0) is 13.0 Å². The van der Waals surface area contributed by atoms with Crippen LogP contribution in [0, 0.1) is 0 Å². The summed E-state index contributed by atoms with van der Waals surface area (Å²) in [6.45, 7) is 7.67. The molecule has 3 rings (SSSR count). The van der Waals surface area contributed by atoms with E-state index in [0.29, 0.717) is 5.92 Å². The summed E-state index contributed by atoms with van der Waals surface area (Å²) in [4.78, 5) is 8.78. The van der Waals surface area contributed by atoms with Gasteiger partial charge in [-0.1, -0.05) is 13.8 Å². The Labute approximate surface area is 117 Å². The van der Waals surface area contributed by atoms with E-state index in [2.05, 4.69) is 33.7 Å². The topological polar surface area (TPSA) is 42.7 Å². The lowest BCUT2D eigenvalue weighted by molar-refractivity contribution is 0.458. The number of nitrogens with one attached hydrogen (secondary N) is 1. The van der Waals surface area contributed by atoms with E-state index in [1.54, 1.807) is 11.3 Å². The normalized spacial score (nSPS) is 24.7. The van der Waals surface area contributed by atoms with Crippen molar-refractivity contribution in [2.45, 2.75) is 38.1 Å². The maximum absolute atomic E-state index is 4.41. The fourth-order valence-electron chi connectivity index (χ4n) is 2.86. The van der Waals surface area contributed by atoms with Gasteiger partial charge in [0.2, 0.25) is 0 Å². The number of thiazole rings is 1. The number of aromatic nitrogens is 3. The van der Waals surface area contributed by atoms with Crippen molar-refractivity contribution in [1.82, 2.24) is 19.9 Å². The zero-order valence-corrected chi connectivity index (χ0v) is 12.3. The van der Waals surface area contributed by atoms with Gasteiger partial charge in [0, 0.05) is 47.9 Å². The second-order valence-corrected chi connectivity index (χ2v) is 6.62. The Hall–Kier alpha value is -1.20. The summed E-state index contributed by atoms with van der Waals surface area (Å²) < 4.78 is 2.30. The third-order valence-electron chi connectivity index (χ3n) is 4.04. The minimum absolute atomic E-state index is 0.221. The quantitative estimate of drug-likeness (QED) is 0.932. The predicted octanol–water partition coefficient (Wildman–Crippen LogP) is 2.39. The number of hydrogen-bond acceptors (Lipinski definition) is 4. The summed E-state index contributed by atoms with van der Waals surface area (Å²) in [5.41, 5.74) is 1.57. The molecule has 0 aliphatic carbocycles. The molecule has 2 atom stereocenters. The van der Waals surface area contributed by atoms with Gasteiger partial charge in [0.25, 0.3) is 0 Å². The largest absolute Gasteiger partial charge is 0.333 e.